The largest absolute Gasteiger partial charge is 0.439 e. The Hall–Kier alpha value is -2.40. The van der Waals surface area contributed by atoms with E-state index in [0.29, 0.717) is 24.4 Å². The molecule has 122 valence electrons. The molecule has 23 heavy (non-hydrogen) atoms. The third kappa shape index (κ3) is 5.71. The van der Waals surface area contributed by atoms with Gasteiger partial charge < -0.3 is 15.8 Å². The molecule has 0 saturated heterocycles. The predicted molar refractivity (Wildman–Crippen MR) is 91.6 cm³/mol. The van der Waals surface area contributed by atoms with Crippen molar-refractivity contribution < 1.29 is 9.53 Å². The van der Waals surface area contributed by atoms with Gasteiger partial charge >= 0.3 is 0 Å². The zero-order chi connectivity index (χ0) is 16.7. The maximum atomic E-state index is 11.7. The molecule has 0 spiro atoms. The summed E-state index contributed by atoms with van der Waals surface area (Å²) in [6.07, 6.45) is 3.60. The highest BCUT2D eigenvalue weighted by molar-refractivity contribution is 5.90. The second-order valence-electron chi connectivity index (χ2n) is 5.55. The molecule has 0 fully saturated rings. The summed E-state index contributed by atoms with van der Waals surface area (Å²) in [5.74, 6) is 1.19. The average molecular weight is 313 g/mol. The van der Waals surface area contributed by atoms with Crippen LogP contribution in [0.2, 0.25) is 0 Å². The number of pyridine rings is 1. The summed E-state index contributed by atoms with van der Waals surface area (Å²) in [4.78, 5) is 16.0. The Balaban J connectivity index is 1.92. The first-order chi connectivity index (χ1) is 11.1. The third-order valence-electron chi connectivity index (χ3n) is 3.38. The highest BCUT2D eigenvalue weighted by atomic mass is 16.5. The van der Waals surface area contributed by atoms with Crippen molar-refractivity contribution in [1.82, 2.24) is 4.98 Å². The van der Waals surface area contributed by atoms with Crippen LogP contribution in [0.15, 0.2) is 42.6 Å². The molecular formula is C18H23N3O2. The Morgan fingerprint density at radius 2 is 2.17 bits per heavy atom. The number of hydrogen-bond acceptors (Lipinski definition) is 4. The molecule has 2 aromatic rings. The zero-order valence-electron chi connectivity index (χ0n) is 13.6. The minimum atomic E-state index is -0.0617. The first kappa shape index (κ1) is 17.0. The van der Waals surface area contributed by atoms with Gasteiger partial charge in [0, 0.05) is 18.5 Å². The minimum Gasteiger partial charge on any atom is -0.439 e. The van der Waals surface area contributed by atoms with Crippen LogP contribution in [-0.2, 0) is 11.2 Å². The molecule has 1 aromatic carbocycles. The van der Waals surface area contributed by atoms with Crippen LogP contribution < -0.4 is 15.8 Å². The number of nitrogens with zero attached hydrogens (tertiary/aromatic N) is 1. The molecule has 0 saturated carbocycles. The molecule has 1 unspecified atom stereocenters. The maximum Gasteiger partial charge on any atom is 0.224 e. The fraction of sp³-hybridized carbons (Fsp3) is 0.333. The minimum absolute atomic E-state index is 0.0218. The average Bonchev–Trinajstić information content (AvgIpc) is 2.55. The van der Waals surface area contributed by atoms with Crippen molar-refractivity contribution in [2.75, 3.05) is 5.32 Å². The van der Waals surface area contributed by atoms with E-state index in [1.54, 1.807) is 18.3 Å². The Morgan fingerprint density at radius 1 is 1.35 bits per heavy atom. The normalized spacial score (nSPS) is 11.8. The number of aryl methyl sites for hydroxylation is 1. The second-order valence-corrected chi connectivity index (χ2v) is 5.55. The molecule has 0 aliphatic carbocycles. The van der Waals surface area contributed by atoms with Crippen LogP contribution in [0, 0.1) is 0 Å². The van der Waals surface area contributed by atoms with Crippen LogP contribution in [0.5, 0.6) is 11.6 Å². The van der Waals surface area contributed by atoms with E-state index in [4.69, 9.17) is 10.5 Å². The van der Waals surface area contributed by atoms with Gasteiger partial charge in [0.2, 0.25) is 11.8 Å². The summed E-state index contributed by atoms with van der Waals surface area (Å²) in [5.41, 5.74) is 7.50. The van der Waals surface area contributed by atoms with E-state index in [0.717, 1.165) is 12.2 Å². The Morgan fingerprint density at radius 3 is 2.83 bits per heavy atom. The van der Waals surface area contributed by atoms with Gasteiger partial charge in [0.25, 0.3) is 0 Å². The topological polar surface area (TPSA) is 77.2 Å². The molecule has 5 heteroatoms. The molecule has 3 N–H and O–H groups in total. The van der Waals surface area contributed by atoms with Gasteiger partial charge in [-0.3, -0.25) is 4.79 Å². The molecular weight excluding hydrogens is 290 g/mol. The van der Waals surface area contributed by atoms with E-state index in [2.05, 4.69) is 23.3 Å². The Bertz CT molecular complexity index is 639. The van der Waals surface area contributed by atoms with Crippen molar-refractivity contribution in [2.24, 2.45) is 5.73 Å². The number of rotatable bonds is 7. The van der Waals surface area contributed by atoms with Gasteiger partial charge in [-0.15, -0.1) is 0 Å². The smallest absolute Gasteiger partial charge is 0.224 e. The Kier molecular flexibility index (Phi) is 6.11. The van der Waals surface area contributed by atoms with Gasteiger partial charge in [0.05, 0.1) is 11.9 Å². The van der Waals surface area contributed by atoms with Crippen molar-refractivity contribution in [3.8, 4) is 11.6 Å². The standard InChI is InChI=1S/C18H23N3O2/c1-3-14-5-4-6-16(11-14)23-18-10-8-15(12-20-18)21-17(22)9-7-13(2)19/h4-6,8,10-13H,3,7,9,19H2,1-2H3,(H,21,22). The maximum absolute atomic E-state index is 11.7. The lowest BCUT2D eigenvalue weighted by Gasteiger charge is -2.08. The number of amides is 1. The van der Waals surface area contributed by atoms with Crippen molar-refractivity contribution in [3.05, 3.63) is 48.2 Å². The summed E-state index contributed by atoms with van der Waals surface area (Å²) in [7, 11) is 0. The van der Waals surface area contributed by atoms with Crippen LogP contribution in [0.25, 0.3) is 0 Å². The summed E-state index contributed by atoms with van der Waals surface area (Å²) in [5, 5.41) is 2.79. The van der Waals surface area contributed by atoms with Gasteiger partial charge in [-0.25, -0.2) is 4.98 Å². The van der Waals surface area contributed by atoms with Crippen molar-refractivity contribution >= 4 is 11.6 Å². The number of ether oxygens (including phenoxy) is 1. The van der Waals surface area contributed by atoms with E-state index in [9.17, 15) is 4.79 Å². The first-order valence-corrected chi connectivity index (χ1v) is 7.85. The molecule has 1 heterocycles. The van der Waals surface area contributed by atoms with Crippen LogP contribution in [0.1, 0.15) is 32.3 Å². The summed E-state index contributed by atoms with van der Waals surface area (Å²) in [6, 6.07) is 11.4. The molecule has 2 rings (SSSR count). The van der Waals surface area contributed by atoms with Crippen LogP contribution in [-0.4, -0.2) is 16.9 Å². The molecule has 0 bridgehead atoms. The summed E-state index contributed by atoms with van der Waals surface area (Å²) < 4.78 is 5.72. The van der Waals surface area contributed by atoms with Crippen molar-refractivity contribution in [1.29, 1.82) is 0 Å². The van der Waals surface area contributed by atoms with E-state index < -0.39 is 0 Å². The van der Waals surface area contributed by atoms with Crippen molar-refractivity contribution in [2.45, 2.75) is 39.2 Å². The lowest BCUT2D eigenvalue weighted by Crippen LogP contribution is -2.19. The number of anilines is 1. The van der Waals surface area contributed by atoms with Crippen LogP contribution in [0.3, 0.4) is 0 Å². The fourth-order valence-electron chi connectivity index (χ4n) is 2.05. The van der Waals surface area contributed by atoms with Gasteiger partial charge in [0.15, 0.2) is 0 Å². The molecule has 0 radical (unpaired) electrons. The van der Waals surface area contributed by atoms with Gasteiger partial charge in [-0.05, 0) is 43.5 Å². The van der Waals surface area contributed by atoms with Crippen LogP contribution >= 0.6 is 0 Å². The highest BCUT2D eigenvalue weighted by Gasteiger charge is 2.05. The van der Waals surface area contributed by atoms with E-state index in [-0.39, 0.29) is 11.9 Å². The van der Waals surface area contributed by atoms with Gasteiger partial charge in [0.1, 0.15) is 5.75 Å². The zero-order valence-corrected chi connectivity index (χ0v) is 13.6. The summed E-state index contributed by atoms with van der Waals surface area (Å²) in [6.45, 7) is 3.98. The molecule has 0 aliphatic heterocycles. The Labute approximate surface area is 136 Å². The third-order valence-corrected chi connectivity index (χ3v) is 3.38. The predicted octanol–water partition coefficient (Wildman–Crippen LogP) is 3.50. The first-order valence-electron chi connectivity index (χ1n) is 7.85. The van der Waals surface area contributed by atoms with Crippen molar-refractivity contribution in [3.63, 3.8) is 0 Å². The highest BCUT2D eigenvalue weighted by Crippen LogP contribution is 2.21. The molecule has 5 nitrogen and oxygen atoms in total. The molecule has 1 aromatic heterocycles. The SMILES string of the molecule is CCc1cccc(Oc2ccc(NC(=O)CCC(C)N)cn2)c1. The monoisotopic (exact) mass is 313 g/mol. The van der Waals surface area contributed by atoms with Gasteiger partial charge in [-0.1, -0.05) is 19.1 Å². The fourth-order valence-corrected chi connectivity index (χ4v) is 2.05. The molecule has 0 aliphatic rings. The quantitative estimate of drug-likeness (QED) is 0.820. The van der Waals surface area contributed by atoms with Gasteiger partial charge in [-0.2, -0.15) is 0 Å². The number of hydrogen-bond donors (Lipinski definition) is 2. The van der Waals surface area contributed by atoms with Crippen LogP contribution in [0.4, 0.5) is 5.69 Å². The number of nitrogens with one attached hydrogen (secondary N) is 1. The van der Waals surface area contributed by atoms with E-state index >= 15 is 0 Å². The lowest BCUT2D eigenvalue weighted by molar-refractivity contribution is -0.116. The molecule has 1 atom stereocenters. The van der Waals surface area contributed by atoms with E-state index in [1.807, 2.05) is 25.1 Å². The number of carbonyl (C=O) groups excluding carboxylic acids is 1. The van der Waals surface area contributed by atoms with E-state index in [1.165, 1.54) is 5.56 Å². The number of benzene rings is 1. The number of nitrogens with two attached hydrogens (primary N) is 1. The number of aromatic nitrogens is 1. The summed E-state index contributed by atoms with van der Waals surface area (Å²) >= 11 is 0. The molecule has 1 amide bonds. The second kappa shape index (κ2) is 8.29. The number of carbonyl (C=O) groups is 1. The lowest BCUT2D eigenvalue weighted by atomic mass is 10.2.